The highest BCUT2D eigenvalue weighted by Gasteiger charge is 2.12. The molecule has 0 aromatic rings. The maximum absolute atomic E-state index is 8.19. The van der Waals surface area contributed by atoms with Crippen LogP contribution in [0.25, 0.3) is 0 Å². The fraction of sp³-hybridized carbons (Fsp3) is 1.00. The molecule has 1 fully saturated rings. The van der Waals surface area contributed by atoms with E-state index in [1.165, 1.54) is 19.3 Å². The van der Waals surface area contributed by atoms with E-state index in [-0.39, 0.29) is 6.10 Å². The molecule has 1 aliphatic rings. The molecule has 0 aromatic heterocycles. The van der Waals surface area contributed by atoms with Crippen molar-refractivity contribution in [3.05, 3.63) is 0 Å². The minimum absolute atomic E-state index is 0.142. The van der Waals surface area contributed by atoms with Crippen LogP contribution in [0.4, 0.5) is 0 Å². The van der Waals surface area contributed by atoms with E-state index in [0.717, 1.165) is 12.8 Å². The van der Waals surface area contributed by atoms with Gasteiger partial charge in [-0.3, -0.25) is 5.26 Å². The quantitative estimate of drug-likeness (QED) is 0.455. The van der Waals surface area contributed by atoms with Crippen molar-refractivity contribution < 1.29 is 10.1 Å². The lowest BCUT2D eigenvalue weighted by Crippen LogP contribution is -2.14. The van der Waals surface area contributed by atoms with Crippen LogP contribution in [0.3, 0.4) is 0 Å². The van der Waals surface area contributed by atoms with Crippen molar-refractivity contribution >= 4 is 0 Å². The zero-order valence-electron chi connectivity index (χ0n) is 6.97. The van der Waals surface area contributed by atoms with Gasteiger partial charge in [0.2, 0.25) is 0 Å². The number of hydrogen-bond donors (Lipinski definition) is 1. The fourth-order valence-electron chi connectivity index (χ4n) is 1.17. The average molecular weight is 146 g/mol. The van der Waals surface area contributed by atoms with E-state index in [1.807, 2.05) is 13.8 Å². The minimum Gasteiger partial charge on any atom is -0.252 e. The zero-order chi connectivity index (χ0) is 7.82. The Hall–Kier alpha value is -0.0800. The lowest BCUT2D eigenvalue weighted by Gasteiger charge is -2.17. The first-order valence-electron chi connectivity index (χ1n) is 4.23. The van der Waals surface area contributed by atoms with Crippen molar-refractivity contribution in [3.8, 4) is 0 Å². The first-order chi connectivity index (χ1) is 4.93. The van der Waals surface area contributed by atoms with Crippen LogP contribution < -0.4 is 0 Å². The van der Waals surface area contributed by atoms with Crippen LogP contribution in [0, 0.1) is 0 Å². The predicted molar refractivity (Wildman–Crippen MR) is 41.9 cm³/mol. The third kappa shape index (κ3) is 3.85. The van der Waals surface area contributed by atoms with E-state index in [2.05, 4.69) is 4.89 Å². The summed E-state index contributed by atoms with van der Waals surface area (Å²) < 4.78 is 0. The van der Waals surface area contributed by atoms with Gasteiger partial charge in [-0.2, -0.15) is 0 Å². The van der Waals surface area contributed by atoms with Crippen LogP contribution in [0.5, 0.6) is 0 Å². The Kier molecular flexibility index (Phi) is 6.98. The first-order valence-corrected chi connectivity index (χ1v) is 4.23. The summed E-state index contributed by atoms with van der Waals surface area (Å²) in [7, 11) is 0. The molecular weight excluding hydrogens is 128 g/mol. The van der Waals surface area contributed by atoms with Crippen LogP contribution >= 0.6 is 0 Å². The molecule has 0 radical (unpaired) electrons. The van der Waals surface area contributed by atoms with Crippen molar-refractivity contribution in [2.24, 2.45) is 0 Å². The highest BCUT2D eigenvalue weighted by atomic mass is 17.1. The van der Waals surface area contributed by atoms with Gasteiger partial charge in [0.1, 0.15) is 0 Å². The van der Waals surface area contributed by atoms with Gasteiger partial charge < -0.3 is 0 Å². The van der Waals surface area contributed by atoms with E-state index in [4.69, 9.17) is 5.26 Å². The van der Waals surface area contributed by atoms with Crippen LogP contribution in [-0.2, 0) is 4.89 Å². The largest absolute Gasteiger partial charge is 0.252 e. The Labute approximate surface area is 63.1 Å². The Balaban J connectivity index is 0.000000371. The second kappa shape index (κ2) is 7.03. The van der Waals surface area contributed by atoms with Crippen molar-refractivity contribution in [3.63, 3.8) is 0 Å². The average Bonchev–Trinajstić information content (AvgIpc) is 2.10. The molecule has 2 nitrogen and oxygen atoms in total. The summed E-state index contributed by atoms with van der Waals surface area (Å²) in [6, 6.07) is 0. The third-order valence-corrected chi connectivity index (χ3v) is 1.70. The fourth-order valence-corrected chi connectivity index (χ4v) is 1.17. The Bertz CT molecular complexity index is 58.3. The third-order valence-electron chi connectivity index (χ3n) is 1.70. The van der Waals surface area contributed by atoms with Crippen LogP contribution in [0.2, 0.25) is 0 Å². The molecule has 1 rings (SSSR count). The maximum Gasteiger partial charge on any atom is 0.0927 e. The molecule has 0 saturated heterocycles. The second-order valence-electron chi connectivity index (χ2n) is 2.37. The molecule has 2 heteroatoms. The SMILES string of the molecule is CC.OOC1CCCCC1. The molecule has 0 unspecified atom stereocenters. The maximum atomic E-state index is 8.19. The van der Waals surface area contributed by atoms with Gasteiger partial charge in [-0.1, -0.05) is 33.1 Å². The second-order valence-corrected chi connectivity index (χ2v) is 2.37. The van der Waals surface area contributed by atoms with Gasteiger partial charge >= 0.3 is 0 Å². The smallest absolute Gasteiger partial charge is 0.0927 e. The molecular formula is C8H18O2. The van der Waals surface area contributed by atoms with Gasteiger partial charge in [0, 0.05) is 0 Å². The van der Waals surface area contributed by atoms with E-state index in [9.17, 15) is 0 Å². The predicted octanol–water partition coefficient (Wildman–Crippen LogP) is 2.83. The molecule has 62 valence electrons. The highest BCUT2D eigenvalue weighted by molar-refractivity contribution is 4.62. The molecule has 0 atom stereocenters. The molecule has 0 aliphatic heterocycles. The van der Waals surface area contributed by atoms with Gasteiger partial charge in [-0.15, -0.1) is 0 Å². The zero-order valence-corrected chi connectivity index (χ0v) is 6.97. The van der Waals surface area contributed by atoms with E-state index >= 15 is 0 Å². The van der Waals surface area contributed by atoms with Gasteiger partial charge in [0.05, 0.1) is 6.10 Å². The van der Waals surface area contributed by atoms with Gasteiger partial charge in [0.25, 0.3) is 0 Å². The van der Waals surface area contributed by atoms with Crippen molar-refractivity contribution in [2.75, 3.05) is 0 Å². The molecule has 0 heterocycles. The minimum atomic E-state index is 0.142. The summed E-state index contributed by atoms with van der Waals surface area (Å²) in [6.45, 7) is 4.00. The first kappa shape index (κ1) is 9.92. The molecule has 0 spiro atoms. The van der Waals surface area contributed by atoms with Gasteiger partial charge in [-0.05, 0) is 12.8 Å². The molecule has 0 bridgehead atoms. The summed E-state index contributed by atoms with van der Waals surface area (Å²) >= 11 is 0. The lowest BCUT2D eigenvalue weighted by atomic mass is 9.98. The summed E-state index contributed by atoms with van der Waals surface area (Å²) in [5.41, 5.74) is 0. The molecule has 0 amide bonds. The van der Waals surface area contributed by atoms with Gasteiger partial charge in [0.15, 0.2) is 0 Å². The monoisotopic (exact) mass is 146 g/mol. The van der Waals surface area contributed by atoms with Crippen molar-refractivity contribution in [1.29, 1.82) is 0 Å². The summed E-state index contributed by atoms with van der Waals surface area (Å²) in [6.07, 6.45) is 5.95. The van der Waals surface area contributed by atoms with E-state index in [0.29, 0.717) is 0 Å². The summed E-state index contributed by atoms with van der Waals surface area (Å²) in [4.78, 5) is 4.19. The van der Waals surface area contributed by atoms with Crippen molar-refractivity contribution in [2.45, 2.75) is 52.1 Å². The highest BCUT2D eigenvalue weighted by Crippen LogP contribution is 2.18. The van der Waals surface area contributed by atoms with Crippen LogP contribution in [0.1, 0.15) is 46.0 Å². The Morgan fingerprint density at radius 2 is 1.60 bits per heavy atom. The van der Waals surface area contributed by atoms with E-state index < -0.39 is 0 Å². The Morgan fingerprint density at radius 1 is 1.10 bits per heavy atom. The normalized spacial score (nSPS) is 19.5. The standard InChI is InChI=1S/C6H12O2.C2H6/c7-8-6-4-2-1-3-5-6;1-2/h6-7H,1-5H2;1-2H3. The molecule has 1 N–H and O–H groups in total. The van der Waals surface area contributed by atoms with Crippen LogP contribution in [-0.4, -0.2) is 11.4 Å². The number of rotatable bonds is 1. The van der Waals surface area contributed by atoms with Gasteiger partial charge in [-0.25, -0.2) is 4.89 Å². The lowest BCUT2D eigenvalue weighted by molar-refractivity contribution is -0.283. The van der Waals surface area contributed by atoms with Crippen molar-refractivity contribution in [1.82, 2.24) is 0 Å². The molecule has 1 saturated carbocycles. The summed E-state index contributed by atoms with van der Waals surface area (Å²) in [5.74, 6) is 0. The van der Waals surface area contributed by atoms with Crippen LogP contribution in [0.15, 0.2) is 0 Å². The topological polar surface area (TPSA) is 29.5 Å². The molecule has 0 aromatic carbocycles. The van der Waals surface area contributed by atoms with E-state index in [1.54, 1.807) is 0 Å². The molecule has 10 heavy (non-hydrogen) atoms. The number of hydrogen-bond acceptors (Lipinski definition) is 2. The Morgan fingerprint density at radius 3 is 1.90 bits per heavy atom. The summed E-state index contributed by atoms with van der Waals surface area (Å²) in [5, 5.41) is 8.19. The molecule has 1 aliphatic carbocycles.